The van der Waals surface area contributed by atoms with Crippen molar-refractivity contribution in [3.05, 3.63) is 0 Å². The summed E-state index contributed by atoms with van der Waals surface area (Å²) in [5.41, 5.74) is 0. The summed E-state index contributed by atoms with van der Waals surface area (Å²) < 4.78 is 0. The first-order valence-corrected chi connectivity index (χ1v) is 6.60. The lowest BCUT2D eigenvalue weighted by Gasteiger charge is -2.13. The van der Waals surface area contributed by atoms with Crippen LogP contribution in [-0.2, 0) is 4.79 Å². The molecule has 1 heterocycles. The van der Waals surface area contributed by atoms with Gasteiger partial charge in [-0.25, -0.2) is 4.79 Å². The minimum absolute atomic E-state index is 0.190. The van der Waals surface area contributed by atoms with Crippen LogP contribution in [-0.4, -0.2) is 41.2 Å². The van der Waals surface area contributed by atoms with E-state index in [1.807, 2.05) is 11.8 Å². The number of carboxylic acids is 1. The molecule has 2 amide bonds. The summed E-state index contributed by atoms with van der Waals surface area (Å²) >= 11 is 1.84. The summed E-state index contributed by atoms with van der Waals surface area (Å²) in [7, 11) is 0. The summed E-state index contributed by atoms with van der Waals surface area (Å²) in [5, 5.41) is 14.2. The van der Waals surface area contributed by atoms with Crippen molar-refractivity contribution in [1.29, 1.82) is 0 Å². The molecule has 1 aliphatic heterocycles. The van der Waals surface area contributed by atoms with Gasteiger partial charge in [0.05, 0.1) is 5.92 Å². The fraction of sp³-hybridized carbons (Fsp3) is 0.800. The molecule has 0 spiro atoms. The van der Waals surface area contributed by atoms with Crippen molar-refractivity contribution in [2.75, 3.05) is 18.1 Å². The number of carbonyl (C=O) groups is 2. The van der Waals surface area contributed by atoms with Gasteiger partial charge >= 0.3 is 12.0 Å². The van der Waals surface area contributed by atoms with E-state index < -0.39 is 11.9 Å². The molecule has 0 aliphatic carbocycles. The number of hydrogen-bond acceptors (Lipinski definition) is 3. The highest BCUT2D eigenvalue weighted by Gasteiger charge is 2.17. The normalized spacial score (nSPS) is 21.4. The van der Waals surface area contributed by atoms with Crippen LogP contribution in [0.25, 0.3) is 0 Å². The van der Waals surface area contributed by atoms with E-state index in [2.05, 4.69) is 10.6 Å². The predicted molar refractivity (Wildman–Crippen MR) is 63.7 cm³/mol. The highest BCUT2D eigenvalue weighted by Crippen LogP contribution is 2.16. The number of hydrogen-bond donors (Lipinski definition) is 3. The highest BCUT2D eigenvalue weighted by molar-refractivity contribution is 7.99. The molecule has 3 N–H and O–H groups in total. The zero-order chi connectivity index (χ0) is 12.0. The van der Waals surface area contributed by atoms with Crippen LogP contribution in [0, 0.1) is 5.92 Å². The molecule has 0 bridgehead atoms. The van der Waals surface area contributed by atoms with Crippen molar-refractivity contribution in [1.82, 2.24) is 10.6 Å². The Morgan fingerprint density at radius 1 is 1.56 bits per heavy atom. The molecular weight excluding hydrogens is 228 g/mol. The van der Waals surface area contributed by atoms with E-state index in [4.69, 9.17) is 5.11 Å². The smallest absolute Gasteiger partial charge is 0.315 e. The maximum Gasteiger partial charge on any atom is 0.315 e. The van der Waals surface area contributed by atoms with E-state index in [9.17, 15) is 9.59 Å². The molecule has 0 aromatic carbocycles. The summed E-state index contributed by atoms with van der Waals surface area (Å²) in [6.45, 7) is 2.04. The van der Waals surface area contributed by atoms with Gasteiger partial charge in [0.1, 0.15) is 0 Å². The Balaban J connectivity index is 2.08. The minimum Gasteiger partial charge on any atom is -0.481 e. The van der Waals surface area contributed by atoms with E-state index in [-0.39, 0.29) is 12.1 Å². The summed E-state index contributed by atoms with van der Waals surface area (Å²) in [6.07, 6.45) is 1.48. The molecular formula is C10H18N2O3S. The van der Waals surface area contributed by atoms with E-state index in [1.165, 1.54) is 0 Å². The van der Waals surface area contributed by atoms with Gasteiger partial charge in [-0.2, -0.15) is 11.8 Å². The number of aliphatic carboxylic acids is 1. The van der Waals surface area contributed by atoms with Gasteiger partial charge in [-0.3, -0.25) is 4.79 Å². The SMILES string of the molecule is CC(CCNC(=O)NC1CCSC1)C(=O)O. The maximum absolute atomic E-state index is 11.4. The molecule has 1 fully saturated rings. The van der Waals surface area contributed by atoms with E-state index in [0.29, 0.717) is 13.0 Å². The number of rotatable bonds is 5. The van der Waals surface area contributed by atoms with Gasteiger partial charge < -0.3 is 15.7 Å². The Morgan fingerprint density at radius 2 is 2.31 bits per heavy atom. The molecule has 92 valence electrons. The van der Waals surface area contributed by atoms with Gasteiger partial charge in [0.25, 0.3) is 0 Å². The number of nitrogens with one attached hydrogen (secondary N) is 2. The molecule has 6 heteroatoms. The molecule has 16 heavy (non-hydrogen) atoms. The molecule has 0 aromatic rings. The Labute approximate surface area is 99.4 Å². The third-order valence-electron chi connectivity index (χ3n) is 2.55. The van der Waals surface area contributed by atoms with Crippen molar-refractivity contribution < 1.29 is 14.7 Å². The van der Waals surface area contributed by atoms with Crippen LogP contribution in [0.3, 0.4) is 0 Å². The molecule has 2 atom stereocenters. The molecule has 5 nitrogen and oxygen atoms in total. The van der Waals surface area contributed by atoms with Crippen LogP contribution in [0.2, 0.25) is 0 Å². The number of urea groups is 1. The second-order valence-corrected chi connectivity index (χ2v) is 5.14. The van der Waals surface area contributed by atoms with Crippen LogP contribution in [0.1, 0.15) is 19.8 Å². The predicted octanol–water partition coefficient (Wildman–Crippen LogP) is 0.902. The summed E-state index contributed by atoms with van der Waals surface area (Å²) in [4.78, 5) is 21.9. The van der Waals surface area contributed by atoms with Crippen molar-refractivity contribution in [3.63, 3.8) is 0 Å². The third-order valence-corrected chi connectivity index (χ3v) is 3.71. The van der Waals surface area contributed by atoms with Crippen LogP contribution in [0.4, 0.5) is 4.79 Å². The van der Waals surface area contributed by atoms with E-state index in [1.54, 1.807) is 6.92 Å². The largest absolute Gasteiger partial charge is 0.481 e. The van der Waals surface area contributed by atoms with Crippen molar-refractivity contribution in [2.45, 2.75) is 25.8 Å². The number of carboxylic acid groups (broad SMARTS) is 1. The fourth-order valence-corrected chi connectivity index (χ4v) is 2.56. The van der Waals surface area contributed by atoms with Crippen LogP contribution < -0.4 is 10.6 Å². The molecule has 1 aliphatic rings. The Morgan fingerprint density at radius 3 is 2.88 bits per heavy atom. The van der Waals surface area contributed by atoms with Crippen molar-refractivity contribution in [2.24, 2.45) is 5.92 Å². The summed E-state index contributed by atoms with van der Waals surface area (Å²) in [5.74, 6) is 0.830. The molecule has 0 aromatic heterocycles. The number of amides is 2. The maximum atomic E-state index is 11.4. The Bertz CT molecular complexity index is 254. The topological polar surface area (TPSA) is 78.4 Å². The van der Waals surface area contributed by atoms with Crippen molar-refractivity contribution >= 4 is 23.8 Å². The van der Waals surface area contributed by atoms with Gasteiger partial charge in [-0.05, 0) is 18.6 Å². The second-order valence-electron chi connectivity index (χ2n) is 3.99. The third kappa shape index (κ3) is 4.74. The second kappa shape index (κ2) is 6.62. The lowest BCUT2D eigenvalue weighted by atomic mass is 10.1. The molecule has 1 saturated heterocycles. The molecule has 1 rings (SSSR count). The molecule has 0 saturated carbocycles. The van der Waals surface area contributed by atoms with Gasteiger partial charge in [-0.15, -0.1) is 0 Å². The van der Waals surface area contributed by atoms with Gasteiger partial charge in [0.2, 0.25) is 0 Å². The van der Waals surface area contributed by atoms with Crippen LogP contribution in [0.5, 0.6) is 0 Å². The van der Waals surface area contributed by atoms with E-state index >= 15 is 0 Å². The molecule has 2 unspecified atom stereocenters. The molecule has 0 radical (unpaired) electrons. The summed E-state index contributed by atoms with van der Waals surface area (Å²) in [6, 6.07) is 0.0759. The monoisotopic (exact) mass is 246 g/mol. The van der Waals surface area contributed by atoms with Crippen molar-refractivity contribution in [3.8, 4) is 0 Å². The lowest BCUT2D eigenvalue weighted by Crippen LogP contribution is -2.42. The number of carbonyl (C=O) groups excluding carboxylic acids is 1. The first-order valence-electron chi connectivity index (χ1n) is 5.44. The Kier molecular flexibility index (Phi) is 5.45. The standard InChI is InChI=1S/C10H18N2O3S/c1-7(9(13)14)2-4-11-10(15)12-8-3-5-16-6-8/h7-8H,2-6H2,1H3,(H,13,14)(H2,11,12,15). The van der Waals surface area contributed by atoms with Gasteiger partial charge in [0.15, 0.2) is 0 Å². The van der Waals surface area contributed by atoms with Gasteiger partial charge in [0, 0.05) is 18.3 Å². The average molecular weight is 246 g/mol. The zero-order valence-electron chi connectivity index (χ0n) is 9.36. The van der Waals surface area contributed by atoms with E-state index in [0.717, 1.165) is 17.9 Å². The van der Waals surface area contributed by atoms with Gasteiger partial charge in [-0.1, -0.05) is 6.92 Å². The fourth-order valence-electron chi connectivity index (χ4n) is 1.41. The highest BCUT2D eigenvalue weighted by atomic mass is 32.2. The lowest BCUT2D eigenvalue weighted by molar-refractivity contribution is -0.141. The first kappa shape index (κ1) is 13.2. The zero-order valence-corrected chi connectivity index (χ0v) is 10.2. The average Bonchev–Trinajstić information content (AvgIpc) is 2.70. The Hall–Kier alpha value is -0.910. The minimum atomic E-state index is -0.825. The quantitative estimate of drug-likeness (QED) is 0.673. The van der Waals surface area contributed by atoms with Crippen LogP contribution >= 0.6 is 11.8 Å². The first-order chi connectivity index (χ1) is 7.59. The number of thioether (sulfide) groups is 1. The van der Waals surface area contributed by atoms with Crippen LogP contribution in [0.15, 0.2) is 0 Å².